The largest absolute Gasteiger partial charge is 0.383 e. The normalized spacial score (nSPS) is 17.9. The topological polar surface area (TPSA) is 67.6 Å². The summed E-state index contributed by atoms with van der Waals surface area (Å²) in [6, 6.07) is 6.17. The van der Waals surface area contributed by atoms with Crippen LogP contribution in [-0.2, 0) is 4.74 Å². The van der Waals surface area contributed by atoms with Gasteiger partial charge in [-0.25, -0.2) is 0 Å². The molecule has 6 heteroatoms. The predicted octanol–water partition coefficient (Wildman–Crippen LogP) is 1.75. The van der Waals surface area contributed by atoms with E-state index in [-0.39, 0.29) is 0 Å². The third-order valence-corrected chi connectivity index (χ3v) is 4.41. The molecule has 0 aliphatic carbocycles. The molecule has 21 heavy (non-hydrogen) atoms. The highest BCUT2D eigenvalue weighted by Gasteiger charge is 2.19. The first-order valence-corrected chi connectivity index (χ1v) is 7.97. The molecule has 1 heterocycles. The first-order valence-electron chi connectivity index (χ1n) is 7.18. The molecule has 0 bridgehead atoms. The fourth-order valence-corrected chi connectivity index (χ4v) is 3.17. The Balaban J connectivity index is 2.14. The zero-order valence-electron chi connectivity index (χ0n) is 12.3. The molecule has 1 aliphatic rings. The average molecular weight is 356 g/mol. The second kappa shape index (κ2) is 7.77. The fourth-order valence-electron chi connectivity index (χ4n) is 2.61. The van der Waals surface area contributed by atoms with E-state index in [0.717, 1.165) is 29.8 Å². The first-order chi connectivity index (χ1) is 10.1. The third kappa shape index (κ3) is 4.43. The molecule has 1 unspecified atom stereocenters. The van der Waals surface area contributed by atoms with Crippen LogP contribution in [0.4, 0.5) is 5.69 Å². The van der Waals surface area contributed by atoms with Gasteiger partial charge in [-0.1, -0.05) is 0 Å². The lowest BCUT2D eigenvalue weighted by Gasteiger charge is -2.28. The number of benzene rings is 1. The van der Waals surface area contributed by atoms with Crippen molar-refractivity contribution in [2.75, 3.05) is 38.3 Å². The summed E-state index contributed by atoms with van der Waals surface area (Å²) >= 11 is 3.42. The fraction of sp³-hybridized carbons (Fsp3) is 0.533. The van der Waals surface area contributed by atoms with Crippen LogP contribution in [-0.4, -0.2) is 45.3 Å². The summed E-state index contributed by atoms with van der Waals surface area (Å²) in [5, 5.41) is 3.51. The van der Waals surface area contributed by atoms with E-state index < -0.39 is 5.91 Å². The zero-order valence-corrected chi connectivity index (χ0v) is 13.9. The smallest absolute Gasteiger partial charge is 0.249 e. The summed E-state index contributed by atoms with van der Waals surface area (Å²) in [5.74, 6) is -0.422. The van der Waals surface area contributed by atoms with Gasteiger partial charge < -0.3 is 20.7 Å². The Morgan fingerprint density at radius 2 is 2.38 bits per heavy atom. The van der Waals surface area contributed by atoms with Gasteiger partial charge in [0.1, 0.15) is 0 Å². The number of rotatable bonds is 7. The molecule has 1 aliphatic heterocycles. The molecular weight excluding hydrogens is 334 g/mol. The Labute approximate surface area is 134 Å². The number of amides is 1. The maximum Gasteiger partial charge on any atom is 0.249 e. The number of nitrogens with two attached hydrogens (primary N) is 1. The van der Waals surface area contributed by atoms with Gasteiger partial charge >= 0.3 is 0 Å². The van der Waals surface area contributed by atoms with Gasteiger partial charge in [0.25, 0.3) is 0 Å². The lowest BCUT2D eigenvalue weighted by Crippen LogP contribution is -2.39. The molecule has 3 N–H and O–H groups in total. The lowest BCUT2D eigenvalue weighted by molar-refractivity contribution is 0.0999. The molecule has 1 fully saturated rings. The van der Waals surface area contributed by atoms with Gasteiger partial charge in [-0.2, -0.15) is 0 Å². The molecule has 5 nitrogen and oxygen atoms in total. The monoisotopic (exact) mass is 355 g/mol. The van der Waals surface area contributed by atoms with Crippen LogP contribution in [0.5, 0.6) is 0 Å². The minimum Gasteiger partial charge on any atom is -0.383 e. The van der Waals surface area contributed by atoms with Gasteiger partial charge in [0, 0.05) is 36.4 Å². The van der Waals surface area contributed by atoms with Crippen LogP contribution < -0.4 is 16.0 Å². The number of ether oxygens (including phenoxy) is 1. The van der Waals surface area contributed by atoms with Crippen LogP contribution in [0.2, 0.25) is 0 Å². The van der Waals surface area contributed by atoms with Crippen molar-refractivity contribution < 1.29 is 9.53 Å². The Bertz CT molecular complexity index is 490. The number of hydrogen-bond donors (Lipinski definition) is 2. The molecule has 1 aromatic carbocycles. The predicted molar refractivity (Wildman–Crippen MR) is 87.8 cm³/mol. The molecule has 1 amide bonds. The van der Waals surface area contributed by atoms with Crippen LogP contribution >= 0.6 is 15.9 Å². The lowest BCUT2D eigenvalue weighted by atomic mass is 10.1. The molecule has 0 spiro atoms. The quantitative estimate of drug-likeness (QED) is 0.781. The van der Waals surface area contributed by atoms with E-state index in [1.807, 2.05) is 12.1 Å². The van der Waals surface area contributed by atoms with Crippen molar-refractivity contribution in [2.45, 2.75) is 18.9 Å². The van der Waals surface area contributed by atoms with Crippen LogP contribution in [0.1, 0.15) is 23.2 Å². The first kappa shape index (κ1) is 16.3. The van der Waals surface area contributed by atoms with Crippen LogP contribution in [0.15, 0.2) is 22.7 Å². The minimum atomic E-state index is -0.422. The molecule has 0 radical (unpaired) electrons. The molecule has 0 aromatic heterocycles. The van der Waals surface area contributed by atoms with Gasteiger partial charge in [-0.15, -0.1) is 0 Å². The van der Waals surface area contributed by atoms with Crippen molar-refractivity contribution in [3.8, 4) is 0 Å². The maximum atomic E-state index is 11.3. The molecule has 116 valence electrons. The van der Waals surface area contributed by atoms with E-state index in [1.165, 1.54) is 12.8 Å². The summed E-state index contributed by atoms with van der Waals surface area (Å²) in [7, 11) is 1.71. The van der Waals surface area contributed by atoms with Crippen LogP contribution in [0, 0.1) is 0 Å². The van der Waals surface area contributed by atoms with Crippen molar-refractivity contribution in [1.82, 2.24) is 5.32 Å². The van der Waals surface area contributed by atoms with Crippen molar-refractivity contribution in [1.29, 1.82) is 0 Å². The van der Waals surface area contributed by atoms with Crippen LogP contribution in [0.25, 0.3) is 0 Å². The number of carbonyl (C=O) groups is 1. The highest BCUT2D eigenvalue weighted by atomic mass is 79.9. The third-order valence-electron chi connectivity index (χ3n) is 3.75. The number of nitrogens with one attached hydrogen (secondary N) is 1. The molecule has 1 atom stereocenters. The van der Waals surface area contributed by atoms with E-state index in [0.29, 0.717) is 18.2 Å². The summed E-state index contributed by atoms with van der Waals surface area (Å²) in [5.41, 5.74) is 6.91. The van der Waals surface area contributed by atoms with Crippen molar-refractivity contribution in [3.63, 3.8) is 0 Å². The summed E-state index contributed by atoms with van der Waals surface area (Å²) < 4.78 is 5.93. The number of primary amides is 1. The molecule has 1 saturated heterocycles. The van der Waals surface area contributed by atoms with E-state index >= 15 is 0 Å². The van der Waals surface area contributed by atoms with Gasteiger partial charge in [-0.3, -0.25) is 4.79 Å². The van der Waals surface area contributed by atoms with E-state index in [4.69, 9.17) is 10.5 Å². The SMILES string of the molecule is COCCN(CC1CCCN1)c1ccc(C(N)=O)c(Br)c1. The minimum absolute atomic E-state index is 0.422. The molecule has 0 saturated carbocycles. The second-order valence-electron chi connectivity index (χ2n) is 5.26. The Morgan fingerprint density at radius 1 is 1.57 bits per heavy atom. The molecular formula is C15H22BrN3O2. The summed E-state index contributed by atoms with van der Waals surface area (Å²) in [6.45, 7) is 3.51. The van der Waals surface area contributed by atoms with Gasteiger partial charge in [0.15, 0.2) is 0 Å². The summed E-state index contributed by atoms with van der Waals surface area (Å²) in [4.78, 5) is 13.6. The highest BCUT2D eigenvalue weighted by molar-refractivity contribution is 9.10. The number of methoxy groups -OCH3 is 1. The molecule has 2 rings (SSSR count). The number of halogens is 1. The Morgan fingerprint density at radius 3 is 2.95 bits per heavy atom. The van der Waals surface area contributed by atoms with Crippen LogP contribution in [0.3, 0.4) is 0 Å². The van der Waals surface area contributed by atoms with Gasteiger partial charge in [0.05, 0.1) is 12.2 Å². The van der Waals surface area contributed by atoms with Gasteiger partial charge in [-0.05, 0) is 53.5 Å². The number of anilines is 1. The second-order valence-corrected chi connectivity index (χ2v) is 6.11. The van der Waals surface area contributed by atoms with Crippen molar-refractivity contribution in [3.05, 3.63) is 28.2 Å². The van der Waals surface area contributed by atoms with E-state index in [1.54, 1.807) is 13.2 Å². The van der Waals surface area contributed by atoms with Gasteiger partial charge in [0.2, 0.25) is 5.91 Å². The Kier molecular flexibility index (Phi) is 6.02. The number of carbonyl (C=O) groups excluding carboxylic acids is 1. The molecule has 1 aromatic rings. The Hall–Kier alpha value is -1.11. The number of hydrogen-bond acceptors (Lipinski definition) is 4. The standard InChI is InChI=1S/C15H22BrN3O2/c1-21-8-7-19(10-11-3-2-6-18-11)12-4-5-13(15(17)20)14(16)9-12/h4-5,9,11,18H,2-3,6-8,10H2,1H3,(H2,17,20). The summed E-state index contributed by atoms with van der Waals surface area (Å²) in [6.07, 6.45) is 2.43. The number of nitrogens with zero attached hydrogens (tertiary/aromatic N) is 1. The highest BCUT2D eigenvalue weighted by Crippen LogP contribution is 2.25. The maximum absolute atomic E-state index is 11.3. The zero-order chi connectivity index (χ0) is 15.2. The van der Waals surface area contributed by atoms with Crippen molar-refractivity contribution >= 4 is 27.5 Å². The van der Waals surface area contributed by atoms with E-state index in [2.05, 4.69) is 26.1 Å². The average Bonchev–Trinajstić information content (AvgIpc) is 2.95. The van der Waals surface area contributed by atoms with Crippen molar-refractivity contribution in [2.24, 2.45) is 5.73 Å². The van der Waals surface area contributed by atoms with E-state index in [9.17, 15) is 4.79 Å².